The van der Waals surface area contributed by atoms with E-state index in [1.165, 1.54) is 0 Å². The monoisotopic (exact) mass is 441 g/mol. The molecule has 3 aromatic carbocycles. The fourth-order valence-corrected chi connectivity index (χ4v) is 4.18. The van der Waals surface area contributed by atoms with E-state index in [0.29, 0.717) is 33.7 Å². The number of carbonyl (C=O) groups is 1. The van der Waals surface area contributed by atoms with Gasteiger partial charge in [-0.1, -0.05) is 42.5 Å². The Bertz CT molecular complexity index is 1360. The van der Waals surface area contributed by atoms with Gasteiger partial charge in [-0.05, 0) is 55.8 Å². The van der Waals surface area contributed by atoms with Crippen molar-refractivity contribution in [3.63, 3.8) is 0 Å². The minimum Gasteiger partial charge on any atom is -0.491 e. The molecule has 0 aliphatic carbocycles. The first-order valence-corrected chi connectivity index (χ1v) is 10.9. The molecule has 0 fully saturated rings. The Morgan fingerprint density at radius 2 is 1.64 bits per heavy atom. The zero-order valence-corrected chi connectivity index (χ0v) is 18.3. The predicted molar refractivity (Wildman–Crippen MR) is 126 cm³/mol. The molecule has 1 amide bonds. The van der Waals surface area contributed by atoms with Crippen molar-refractivity contribution in [1.82, 2.24) is 0 Å². The van der Waals surface area contributed by atoms with E-state index in [-0.39, 0.29) is 12.0 Å². The zero-order valence-electron chi connectivity index (χ0n) is 18.3. The molecule has 2 atom stereocenters. The van der Waals surface area contributed by atoms with Gasteiger partial charge in [0.15, 0.2) is 6.10 Å². The summed E-state index contributed by atoms with van der Waals surface area (Å²) < 4.78 is 17.5. The number of amides is 1. The molecule has 1 aliphatic rings. The maximum absolute atomic E-state index is 13.3. The number of fused-ring (bicyclic) bond motifs is 3. The number of rotatable bonds is 5. The summed E-state index contributed by atoms with van der Waals surface area (Å²) in [7, 11) is 0. The molecule has 6 nitrogen and oxygen atoms in total. The van der Waals surface area contributed by atoms with E-state index in [2.05, 4.69) is 5.32 Å². The summed E-state index contributed by atoms with van der Waals surface area (Å²) in [5, 5.41) is 3.56. The lowest BCUT2D eigenvalue weighted by molar-refractivity contribution is -0.122. The van der Waals surface area contributed by atoms with E-state index in [1.807, 2.05) is 68.4 Å². The highest BCUT2D eigenvalue weighted by Crippen LogP contribution is 2.44. The van der Waals surface area contributed by atoms with Gasteiger partial charge in [0.2, 0.25) is 0 Å². The highest BCUT2D eigenvalue weighted by molar-refractivity contribution is 5.97. The third kappa shape index (κ3) is 3.96. The van der Waals surface area contributed by atoms with Crippen LogP contribution in [0.25, 0.3) is 11.0 Å². The quantitative estimate of drug-likeness (QED) is 0.436. The minimum atomic E-state index is -0.939. The van der Waals surface area contributed by atoms with E-state index >= 15 is 0 Å². The molecule has 166 valence electrons. The highest BCUT2D eigenvalue weighted by Gasteiger charge is 2.44. The largest absolute Gasteiger partial charge is 0.491 e. The first-order valence-electron chi connectivity index (χ1n) is 10.9. The van der Waals surface area contributed by atoms with Crippen molar-refractivity contribution in [2.45, 2.75) is 32.0 Å². The van der Waals surface area contributed by atoms with Crippen molar-refractivity contribution in [2.75, 3.05) is 5.32 Å². The number of hydrogen-bond donors (Lipinski definition) is 1. The Morgan fingerprint density at radius 1 is 0.939 bits per heavy atom. The van der Waals surface area contributed by atoms with Gasteiger partial charge in [0.1, 0.15) is 17.1 Å². The molecule has 0 bridgehead atoms. The van der Waals surface area contributed by atoms with Gasteiger partial charge < -0.3 is 19.2 Å². The summed E-state index contributed by atoms with van der Waals surface area (Å²) in [5.74, 6) is 0.136. The second kappa shape index (κ2) is 8.47. The van der Waals surface area contributed by atoms with Crippen LogP contribution in [0.3, 0.4) is 0 Å². The Balaban J connectivity index is 1.60. The second-order valence-corrected chi connectivity index (χ2v) is 8.24. The molecule has 6 heteroatoms. The minimum absolute atomic E-state index is 0.0363. The Kier molecular flexibility index (Phi) is 5.34. The third-order valence-electron chi connectivity index (χ3n) is 5.57. The van der Waals surface area contributed by atoms with Crippen LogP contribution in [0.5, 0.6) is 11.5 Å². The summed E-state index contributed by atoms with van der Waals surface area (Å²) in [4.78, 5) is 26.4. The Labute approximate surface area is 190 Å². The van der Waals surface area contributed by atoms with Crippen LogP contribution >= 0.6 is 0 Å². The van der Waals surface area contributed by atoms with E-state index in [4.69, 9.17) is 13.9 Å². The number of anilines is 1. The number of nitrogens with one attached hydrogen (secondary N) is 1. The lowest BCUT2D eigenvalue weighted by Gasteiger charge is -2.19. The summed E-state index contributed by atoms with van der Waals surface area (Å²) >= 11 is 0. The Hall–Kier alpha value is -4.06. The van der Waals surface area contributed by atoms with Crippen LogP contribution in [0.1, 0.15) is 30.9 Å². The molecule has 2 heterocycles. The van der Waals surface area contributed by atoms with Crippen molar-refractivity contribution in [3.05, 3.63) is 100 Å². The van der Waals surface area contributed by atoms with Gasteiger partial charge in [-0.2, -0.15) is 0 Å². The fraction of sp³-hybridized carbons (Fsp3) is 0.185. The van der Waals surface area contributed by atoms with Gasteiger partial charge in [-0.25, -0.2) is 4.79 Å². The standard InChI is InChI=1S/C27H23NO5/c1-16(2)31-19-14-12-17(13-15-19)22-23-24(20-10-6-7-11-21(20)32-27(23)30)33-25(22)26(29)28-18-8-4-3-5-9-18/h3-16,22,25H,1-2H3,(H,28,29)/t22-,25-/m0/s1. The third-order valence-corrected chi connectivity index (χ3v) is 5.57. The SMILES string of the molecule is CC(C)Oc1ccc([C@H]2c3c(c4ccccc4oc3=O)O[C@@H]2C(=O)Nc2ccccc2)cc1. The van der Waals surface area contributed by atoms with Gasteiger partial charge in [-0.3, -0.25) is 4.79 Å². The van der Waals surface area contributed by atoms with Crippen LogP contribution in [-0.4, -0.2) is 18.1 Å². The van der Waals surface area contributed by atoms with E-state index in [9.17, 15) is 9.59 Å². The first kappa shape index (κ1) is 20.8. The van der Waals surface area contributed by atoms with Crippen molar-refractivity contribution < 1.29 is 18.7 Å². The van der Waals surface area contributed by atoms with Crippen LogP contribution in [0, 0.1) is 0 Å². The number of ether oxygens (including phenoxy) is 2. The Morgan fingerprint density at radius 3 is 2.36 bits per heavy atom. The number of carbonyl (C=O) groups excluding carboxylic acids is 1. The van der Waals surface area contributed by atoms with Gasteiger partial charge >= 0.3 is 5.63 Å². The van der Waals surface area contributed by atoms with Crippen LogP contribution in [-0.2, 0) is 4.79 Å². The van der Waals surface area contributed by atoms with Gasteiger partial charge in [0.05, 0.1) is 23.0 Å². The molecule has 1 aliphatic heterocycles. The fourth-order valence-electron chi connectivity index (χ4n) is 4.18. The molecule has 0 radical (unpaired) electrons. The van der Waals surface area contributed by atoms with Crippen molar-refractivity contribution in [1.29, 1.82) is 0 Å². The number of hydrogen-bond acceptors (Lipinski definition) is 5. The van der Waals surface area contributed by atoms with Crippen LogP contribution in [0.4, 0.5) is 5.69 Å². The van der Waals surface area contributed by atoms with Crippen molar-refractivity contribution in [3.8, 4) is 11.5 Å². The molecule has 0 saturated carbocycles. The smallest absolute Gasteiger partial charge is 0.344 e. The topological polar surface area (TPSA) is 77.8 Å². The van der Waals surface area contributed by atoms with Gasteiger partial charge in [0, 0.05) is 5.69 Å². The maximum Gasteiger partial charge on any atom is 0.344 e. The maximum atomic E-state index is 13.3. The summed E-state index contributed by atoms with van der Waals surface area (Å²) in [6.45, 7) is 3.91. The van der Waals surface area contributed by atoms with Gasteiger partial charge in [-0.15, -0.1) is 0 Å². The van der Waals surface area contributed by atoms with Crippen LogP contribution in [0.2, 0.25) is 0 Å². The summed E-state index contributed by atoms with van der Waals surface area (Å²) in [5.41, 5.74) is 1.68. The number of para-hydroxylation sites is 2. The molecule has 0 unspecified atom stereocenters. The summed E-state index contributed by atoms with van der Waals surface area (Å²) in [6.07, 6.45) is -0.903. The molecule has 0 saturated heterocycles. The molecular weight excluding hydrogens is 418 g/mol. The molecule has 1 N–H and O–H groups in total. The molecule has 4 aromatic rings. The summed E-state index contributed by atoms with van der Waals surface area (Å²) in [6, 6.07) is 23.7. The van der Waals surface area contributed by atoms with Gasteiger partial charge in [0.25, 0.3) is 5.91 Å². The first-order chi connectivity index (χ1) is 16.0. The normalized spacial score (nSPS) is 16.9. The molecule has 33 heavy (non-hydrogen) atoms. The van der Waals surface area contributed by atoms with Crippen LogP contribution < -0.4 is 20.4 Å². The van der Waals surface area contributed by atoms with Crippen LogP contribution in [0.15, 0.2) is 88.1 Å². The lowest BCUT2D eigenvalue weighted by atomic mass is 9.88. The van der Waals surface area contributed by atoms with E-state index in [1.54, 1.807) is 24.3 Å². The van der Waals surface area contributed by atoms with E-state index in [0.717, 1.165) is 5.56 Å². The molecule has 0 spiro atoms. The van der Waals surface area contributed by atoms with Crippen molar-refractivity contribution >= 4 is 22.6 Å². The average molecular weight is 441 g/mol. The molecule has 5 rings (SSSR count). The lowest BCUT2D eigenvalue weighted by Crippen LogP contribution is -2.35. The molecule has 1 aromatic heterocycles. The number of benzene rings is 3. The average Bonchev–Trinajstić information content (AvgIpc) is 3.22. The predicted octanol–water partition coefficient (Wildman–Crippen LogP) is 5.11. The van der Waals surface area contributed by atoms with E-state index < -0.39 is 17.6 Å². The van der Waals surface area contributed by atoms with Crippen molar-refractivity contribution in [2.24, 2.45) is 0 Å². The highest BCUT2D eigenvalue weighted by atomic mass is 16.5. The molecular formula is C27H23NO5. The zero-order chi connectivity index (χ0) is 22.9. The second-order valence-electron chi connectivity index (χ2n) is 8.24.